The van der Waals surface area contributed by atoms with Gasteiger partial charge in [-0.05, 0) is 19.4 Å². The van der Waals surface area contributed by atoms with Gasteiger partial charge in [0.15, 0.2) is 0 Å². The molecule has 0 spiro atoms. The number of carbonyl (C=O) groups excluding carboxylic acids is 1. The third-order valence-electron chi connectivity index (χ3n) is 2.60. The molecule has 6 heteroatoms. The second-order valence-corrected chi connectivity index (χ2v) is 5.27. The molecule has 5 nitrogen and oxygen atoms in total. The van der Waals surface area contributed by atoms with Crippen molar-refractivity contribution in [2.45, 2.75) is 20.3 Å². The van der Waals surface area contributed by atoms with Crippen molar-refractivity contribution in [2.24, 2.45) is 5.10 Å². The Hall–Kier alpha value is -2.21. The highest BCUT2D eigenvalue weighted by Gasteiger charge is 2.07. The van der Waals surface area contributed by atoms with E-state index in [9.17, 15) is 4.79 Å². The second-order valence-electron chi connectivity index (χ2n) is 4.41. The first-order valence-electron chi connectivity index (χ1n) is 6.63. The summed E-state index contributed by atoms with van der Waals surface area (Å²) in [5, 5.41) is 6.61. The van der Waals surface area contributed by atoms with Crippen molar-refractivity contribution in [2.75, 3.05) is 12.0 Å². The number of hydrazone groups is 1. The topological polar surface area (TPSA) is 63.6 Å². The number of esters is 1. The fraction of sp³-hybridized carbons (Fsp3) is 0.267. The molecule has 0 aliphatic rings. The van der Waals surface area contributed by atoms with E-state index in [0.29, 0.717) is 17.4 Å². The predicted octanol–water partition coefficient (Wildman–Crippen LogP) is 3.00. The van der Waals surface area contributed by atoms with Crippen molar-refractivity contribution in [1.29, 1.82) is 0 Å². The Kier molecular flexibility index (Phi) is 5.45. The Morgan fingerprint density at radius 3 is 3.14 bits per heavy atom. The minimum absolute atomic E-state index is 0.188. The molecular weight excluding hydrogens is 286 g/mol. The SMILES string of the molecule is CCOC(=O)Cc1csc(N/N=C\c2cccc(C)c2)n1. The molecule has 21 heavy (non-hydrogen) atoms. The van der Waals surface area contributed by atoms with Crippen LogP contribution >= 0.6 is 11.3 Å². The molecule has 0 radical (unpaired) electrons. The van der Waals surface area contributed by atoms with Crippen LogP contribution in [-0.4, -0.2) is 23.8 Å². The molecule has 0 aliphatic heterocycles. The Morgan fingerprint density at radius 1 is 1.52 bits per heavy atom. The van der Waals surface area contributed by atoms with Crippen molar-refractivity contribution in [1.82, 2.24) is 4.98 Å². The van der Waals surface area contributed by atoms with Crippen LogP contribution in [0.2, 0.25) is 0 Å². The lowest BCUT2D eigenvalue weighted by Crippen LogP contribution is -2.07. The van der Waals surface area contributed by atoms with E-state index < -0.39 is 0 Å². The maximum Gasteiger partial charge on any atom is 0.311 e. The lowest BCUT2D eigenvalue weighted by Gasteiger charge is -1.98. The van der Waals surface area contributed by atoms with E-state index in [2.05, 4.69) is 15.5 Å². The first-order chi connectivity index (χ1) is 10.2. The van der Waals surface area contributed by atoms with Gasteiger partial charge in [-0.1, -0.05) is 29.8 Å². The fourth-order valence-corrected chi connectivity index (χ4v) is 2.37. The molecule has 0 saturated carbocycles. The Balaban J connectivity index is 1.89. The second kappa shape index (κ2) is 7.54. The molecule has 0 unspecified atom stereocenters. The molecule has 110 valence electrons. The quantitative estimate of drug-likeness (QED) is 0.506. The van der Waals surface area contributed by atoms with Crippen LogP contribution in [0.5, 0.6) is 0 Å². The highest BCUT2D eigenvalue weighted by Crippen LogP contribution is 2.16. The number of benzene rings is 1. The molecular formula is C15H17N3O2S. The van der Waals surface area contributed by atoms with Crippen LogP contribution in [0.3, 0.4) is 0 Å². The predicted molar refractivity (Wildman–Crippen MR) is 84.8 cm³/mol. The van der Waals surface area contributed by atoms with E-state index in [-0.39, 0.29) is 12.4 Å². The van der Waals surface area contributed by atoms with E-state index in [4.69, 9.17) is 4.74 Å². The van der Waals surface area contributed by atoms with Crippen LogP contribution in [0, 0.1) is 6.92 Å². The standard InChI is InChI=1S/C15H17N3O2S/c1-3-20-14(19)8-13-10-21-15(17-13)18-16-9-12-6-4-5-11(2)7-12/h4-7,9-10H,3,8H2,1-2H3,(H,17,18)/b16-9-. The minimum atomic E-state index is -0.266. The summed E-state index contributed by atoms with van der Waals surface area (Å²) in [7, 11) is 0. The molecule has 1 aromatic carbocycles. The summed E-state index contributed by atoms with van der Waals surface area (Å²) >= 11 is 1.40. The summed E-state index contributed by atoms with van der Waals surface area (Å²) in [5.74, 6) is -0.266. The number of carbonyl (C=O) groups is 1. The zero-order valence-corrected chi connectivity index (χ0v) is 12.8. The van der Waals surface area contributed by atoms with E-state index in [1.165, 1.54) is 16.9 Å². The third kappa shape index (κ3) is 5.00. The summed E-state index contributed by atoms with van der Waals surface area (Å²) in [5.41, 5.74) is 5.75. The number of aryl methyl sites for hydroxylation is 1. The maximum absolute atomic E-state index is 11.3. The third-order valence-corrected chi connectivity index (χ3v) is 3.39. The highest BCUT2D eigenvalue weighted by molar-refractivity contribution is 7.13. The van der Waals surface area contributed by atoms with Crippen molar-refractivity contribution in [3.05, 3.63) is 46.5 Å². The Bertz CT molecular complexity index is 637. The van der Waals surface area contributed by atoms with Crippen LogP contribution in [0.25, 0.3) is 0 Å². The zero-order chi connectivity index (χ0) is 15.1. The molecule has 0 amide bonds. The number of rotatable bonds is 6. The van der Waals surface area contributed by atoms with Gasteiger partial charge in [-0.3, -0.25) is 10.2 Å². The van der Waals surface area contributed by atoms with Crippen LogP contribution < -0.4 is 5.43 Å². The molecule has 0 bridgehead atoms. The van der Waals surface area contributed by atoms with Gasteiger partial charge in [-0.25, -0.2) is 4.98 Å². The largest absolute Gasteiger partial charge is 0.466 e. The molecule has 0 atom stereocenters. The van der Waals surface area contributed by atoms with Crippen molar-refractivity contribution < 1.29 is 9.53 Å². The summed E-state index contributed by atoms with van der Waals surface area (Å²) in [6.07, 6.45) is 1.92. The minimum Gasteiger partial charge on any atom is -0.466 e. The molecule has 0 aliphatic carbocycles. The normalized spacial score (nSPS) is 10.8. The zero-order valence-electron chi connectivity index (χ0n) is 12.0. The van der Waals surface area contributed by atoms with E-state index in [0.717, 1.165) is 5.56 Å². The lowest BCUT2D eigenvalue weighted by atomic mass is 10.2. The fourth-order valence-electron chi connectivity index (χ4n) is 1.71. The number of ether oxygens (including phenoxy) is 1. The summed E-state index contributed by atoms with van der Waals surface area (Å²) < 4.78 is 4.88. The summed E-state index contributed by atoms with van der Waals surface area (Å²) in [6.45, 7) is 4.20. The van der Waals surface area contributed by atoms with Gasteiger partial charge in [0, 0.05) is 5.38 Å². The summed E-state index contributed by atoms with van der Waals surface area (Å²) in [6, 6.07) is 8.04. The molecule has 0 fully saturated rings. The Labute approximate surface area is 127 Å². The molecule has 2 rings (SSSR count). The van der Waals surface area contributed by atoms with Gasteiger partial charge in [0.1, 0.15) is 0 Å². The molecule has 1 N–H and O–H groups in total. The smallest absolute Gasteiger partial charge is 0.311 e. The Morgan fingerprint density at radius 2 is 2.38 bits per heavy atom. The van der Waals surface area contributed by atoms with Crippen molar-refractivity contribution >= 4 is 28.7 Å². The molecule has 0 saturated heterocycles. The monoisotopic (exact) mass is 303 g/mol. The number of hydrogen-bond donors (Lipinski definition) is 1. The van der Waals surface area contributed by atoms with Crippen LogP contribution in [0.1, 0.15) is 23.7 Å². The van der Waals surface area contributed by atoms with E-state index in [1.807, 2.05) is 36.6 Å². The van der Waals surface area contributed by atoms with Crippen molar-refractivity contribution in [3.63, 3.8) is 0 Å². The van der Waals surface area contributed by atoms with E-state index >= 15 is 0 Å². The number of hydrogen-bond acceptors (Lipinski definition) is 6. The van der Waals surface area contributed by atoms with Gasteiger partial charge < -0.3 is 4.74 Å². The number of thiazole rings is 1. The van der Waals surface area contributed by atoms with Crippen LogP contribution in [0.15, 0.2) is 34.7 Å². The van der Waals surface area contributed by atoms with E-state index in [1.54, 1.807) is 13.1 Å². The molecule has 1 aromatic heterocycles. The van der Waals surface area contributed by atoms with Crippen molar-refractivity contribution in [3.8, 4) is 0 Å². The number of nitrogens with zero attached hydrogens (tertiary/aromatic N) is 2. The first kappa shape index (κ1) is 15.2. The number of nitrogens with one attached hydrogen (secondary N) is 1. The summed E-state index contributed by atoms with van der Waals surface area (Å²) in [4.78, 5) is 15.6. The number of aromatic nitrogens is 1. The maximum atomic E-state index is 11.3. The van der Waals surface area contributed by atoms with Gasteiger partial charge in [0.2, 0.25) is 5.13 Å². The number of anilines is 1. The highest BCUT2D eigenvalue weighted by atomic mass is 32.1. The average Bonchev–Trinajstić information content (AvgIpc) is 2.86. The average molecular weight is 303 g/mol. The first-order valence-corrected chi connectivity index (χ1v) is 7.51. The molecule has 1 heterocycles. The lowest BCUT2D eigenvalue weighted by molar-refractivity contribution is -0.142. The van der Waals surface area contributed by atoms with Gasteiger partial charge in [0.05, 0.1) is 24.9 Å². The molecule has 2 aromatic rings. The van der Waals surface area contributed by atoms with Gasteiger partial charge >= 0.3 is 5.97 Å². The van der Waals surface area contributed by atoms with Crippen LogP contribution in [-0.2, 0) is 16.0 Å². The van der Waals surface area contributed by atoms with Crippen LogP contribution in [0.4, 0.5) is 5.13 Å². The van der Waals surface area contributed by atoms with Gasteiger partial charge in [-0.15, -0.1) is 11.3 Å². The van der Waals surface area contributed by atoms with Gasteiger partial charge in [0.25, 0.3) is 0 Å². The van der Waals surface area contributed by atoms with Gasteiger partial charge in [-0.2, -0.15) is 5.10 Å².